The van der Waals surface area contributed by atoms with Gasteiger partial charge in [-0.15, -0.1) is 0 Å². The van der Waals surface area contributed by atoms with Gasteiger partial charge in [0.1, 0.15) is 6.04 Å². The standard InChI is InChI=1S/C9H16N2O/c1-8(2)9(7-10)11-3-5-12-6-4-11/h8-9H,3-6H2,1-2H3/t9-/m1/s1. The summed E-state index contributed by atoms with van der Waals surface area (Å²) in [6, 6.07) is 2.41. The molecule has 0 spiro atoms. The maximum absolute atomic E-state index is 8.92. The molecule has 12 heavy (non-hydrogen) atoms. The minimum atomic E-state index is 0.0638. The third-order valence-corrected chi connectivity index (χ3v) is 2.20. The molecule has 1 heterocycles. The van der Waals surface area contributed by atoms with E-state index in [4.69, 9.17) is 10.00 Å². The molecule has 0 aromatic heterocycles. The molecule has 3 nitrogen and oxygen atoms in total. The third kappa shape index (κ3) is 2.20. The average Bonchev–Trinajstić information content (AvgIpc) is 2.07. The fraction of sp³-hybridized carbons (Fsp3) is 0.889. The summed E-state index contributed by atoms with van der Waals surface area (Å²) >= 11 is 0. The molecule has 68 valence electrons. The number of morpholine rings is 1. The Hall–Kier alpha value is -0.590. The summed E-state index contributed by atoms with van der Waals surface area (Å²) in [5, 5.41) is 8.92. The Morgan fingerprint density at radius 3 is 2.33 bits per heavy atom. The largest absolute Gasteiger partial charge is 0.379 e. The molecule has 1 aliphatic rings. The molecule has 3 heteroatoms. The number of hydrogen-bond acceptors (Lipinski definition) is 3. The maximum atomic E-state index is 8.92. The number of rotatable bonds is 2. The van der Waals surface area contributed by atoms with Crippen LogP contribution < -0.4 is 0 Å². The van der Waals surface area contributed by atoms with Gasteiger partial charge in [-0.1, -0.05) is 13.8 Å². The highest BCUT2D eigenvalue weighted by Crippen LogP contribution is 2.11. The van der Waals surface area contributed by atoms with Crippen molar-refractivity contribution in [1.29, 1.82) is 5.26 Å². The van der Waals surface area contributed by atoms with E-state index in [-0.39, 0.29) is 6.04 Å². The zero-order valence-corrected chi connectivity index (χ0v) is 7.79. The number of ether oxygens (including phenoxy) is 1. The van der Waals surface area contributed by atoms with Gasteiger partial charge in [-0.05, 0) is 5.92 Å². The van der Waals surface area contributed by atoms with Crippen molar-refractivity contribution in [3.05, 3.63) is 0 Å². The molecule has 1 fully saturated rings. The van der Waals surface area contributed by atoms with Crippen molar-refractivity contribution < 1.29 is 4.74 Å². The summed E-state index contributed by atoms with van der Waals surface area (Å²) < 4.78 is 5.22. The van der Waals surface area contributed by atoms with Crippen molar-refractivity contribution in [1.82, 2.24) is 4.90 Å². The fourth-order valence-corrected chi connectivity index (χ4v) is 1.51. The summed E-state index contributed by atoms with van der Waals surface area (Å²) in [4.78, 5) is 2.20. The summed E-state index contributed by atoms with van der Waals surface area (Å²) in [6.45, 7) is 7.51. The Bertz CT molecular complexity index is 168. The van der Waals surface area contributed by atoms with Crippen LogP contribution in [-0.2, 0) is 4.74 Å². The van der Waals surface area contributed by atoms with Crippen LogP contribution in [0.25, 0.3) is 0 Å². The first-order valence-electron chi connectivity index (χ1n) is 4.47. The van der Waals surface area contributed by atoms with Crippen molar-refractivity contribution in [3.8, 4) is 6.07 Å². The van der Waals surface area contributed by atoms with Crippen LogP contribution in [0.2, 0.25) is 0 Å². The minimum absolute atomic E-state index is 0.0638. The van der Waals surface area contributed by atoms with Crippen LogP contribution in [0.3, 0.4) is 0 Å². The molecule has 1 aliphatic heterocycles. The quantitative estimate of drug-likeness (QED) is 0.613. The predicted octanol–water partition coefficient (Wildman–Crippen LogP) is 0.867. The van der Waals surface area contributed by atoms with Crippen LogP contribution in [0.15, 0.2) is 0 Å². The maximum Gasteiger partial charge on any atom is 0.100 e. The highest BCUT2D eigenvalue weighted by Gasteiger charge is 2.22. The van der Waals surface area contributed by atoms with E-state index in [1.54, 1.807) is 0 Å². The normalized spacial score (nSPS) is 22.2. The average molecular weight is 168 g/mol. The monoisotopic (exact) mass is 168 g/mol. The highest BCUT2D eigenvalue weighted by molar-refractivity contribution is 4.94. The molecule has 0 unspecified atom stereocenters. The second kappa shape index (κ2) is 4.44. The van der Waals surface area contributed by atoms with E-state index in [0.29, 0.717) is 5.92 Å². The van der Waals surface area contributed by atoms with Crippen molar-refractivity contribution in [2.24, 2.45) is 5.92 Å². The first kappa shape index (κ1) is 9.50. The van der Waals surface area contributed by atoms with Crippen LogP contribution >= 0.6 is 0 Å². The second-order valence-electron chi connectivity index (χ2n) is 3.47. The summed E-state index contributed by atoms with van der Waals surface area (Å²) in [6.07, 6.45) is 0. The zero-order valence-electron chi connectivity index (χ0n) is 7.79. The van der Waals surface area contributed by atoms with Crippen LogP contribution in [0.4, 0.5) is 0 Å². The lowest BCUT2D eigenvalue weighted by Gasteiger charge is -2.32. The van der Waals surface area contributed by atoms with Gasteiger partial charge in [-0.3, -0.25) is 4.90 Å². The van der Waals surface area contributed by atoms with Gasteiger partial charge in [-0.25, -0.2) is 0 Å². The van der Waals surface area contributed by atoms with E-state index < -0.39 is 0 Å². The Kier molecular flexibility index (Phi) is 3.51. The van der Waals surface area contributed by atoms with Crippen molar-refractivity contribution in [2.75, 3.05) is 26.3 Å². The van der Waals surface area contributed by atoms with E-state index in [0.717, 1.165) is 26.3 Å². The highest BCUT2D eigenvalue weighted by atomic mass is 16.5. The van der Waals surface area contributed by atoms with E-state index in [1.807, 2.05) is 0 Å². The molecule has 1 saturated heterocycles. The molecule has 1 rings (SSSR count). The number of nitrogens with zero attached hydrogens (tertiary/aromatic N) is 2. The smallest absolute Gasteiger partial charge is 0.100 e. The van der Waals surface area contributed by atoms with Crippen molar-refractivity contribution in [3.63, 3.8) is 0 Å². The van der Waals surface area contributed by atoms with E-state index in [2.05, 4.69) is 24.8 Å². The van der Waals surface area contributed by atoms with Gasteiger partial charge < -0.3 is 4.74 Å². The lowest BCUT2D eigenvalue weighted by atomic mass is 10.0. The van der Waals surface area contributed by atoms with Gasteiger partial charge >= 0.3 is 0 Å². The molecule has 0 aliphatic carbocycles. The molecular formula is C9H16N2O. The molecule has 1 atom stereocenters. The molecule has 0 radical (unpaired) electrons. The van der Waals surface area contributed by atoms with E-state index in [1.165, 1.54) is 0 Å². The van der Waals surface area contributed by atoms with Gasteiger partial charge in [0.2, 0.25) is 0 Å². The third-order valence-electron chi connectivity index (χ3n) is 2.20. The Balaban J connectivity index is 2.47. The predicted molar refractivity (Wildman–Crippen MR) is 46.6 cm³/mol. The van der Waals surface area contributed by atoms with Crippen molar-refractivity contribution >= 4 is 0 Å². The zero-order chi connectivity index (χ0) is 8.97. The molecule has 0 bridgehead atoms. The Morgan fingerprint density at radius 1 is 1.33 bits per heavy atom. The Morgan fingerprint density at radius 2 is 1.92 bits per heavy atom. The lowest BCUT2D eigenvalue weighted by molar-refractivity contribution is 0.0190. The molecular weight excluding hydrogens is 152 g/mol. The first-order chi connectivity index (χ1) is 5.75. The van der Waals surface area contributed by atoms with Crippen molar-refractivity contribution in [2.45, 2.75) is 19.9 Å². The van der Waals surface area contributed by atoms with Gasteiger partial charge in [0, 0.05) is 13.1 Å². The number of hydrogen-bond donors (Lipinski definition) is 0. The van der Waals surface area contributed by atoms with Gasteiger partial charge in [-0.2, -0.15) is 5.26 Å². The minimum Gasteiger partial charge on any atom is -0.379 e. The molecule has 0 aromatic rings. The van der Waals surface area contributed by atoms with E-state index in [9.17, 15) is 0 Å². The van der Waals surface area contributed by atoms with Gasteiger partial charge in [0.15, 0.2) is 0 Å². The summed E-state index contributed by atoms with van der Waals surface area (Å²) in [5.41, 5.74) is 0. The fourth-order valence-electron chi connectivity index (χ4n) is 1.51. The lowest BCUT2D eigenvalue weighted by Crippen LogP contribution is -2.45. The van der Waals surface area contributed by atoms with Gasteiger partial charge in [0.05, 0.1) is 19.3 Å². The summed E-state index contributed by atoms with van der Waals surface area (Å²) in [7, 11) is 0. The topological polar surface area (TPSA) is 36.3 Å². The van der Waals surface area contributed by atoms with E-state index >= 15 is 0 Å². The number of nitriles is 1. The first-order valence-corrected chi connectivity index (χ1v) is 4.47. The van der Waals surface area contributed by atoms with Crippen LogP contribution in [0.5, 0.6) is 0 Å². The van der Waals surface area contributed by atoms with Crippen LogP contribution in [0, 0.1) is 17.2 Å². The molecule has 0 saturated carbocycles. The molecule has 0 N–H and O–H groups in total. The second-order valence-corrected chi connectivity index (χ2v) is 3.47. The summed E-state index contributed by atoms with van der Waals surface area (Å²) in [5.74, 6) is 0.410. The van der Waals surface area contributed by atoms with Crippen LogP contribution in [-0.4, -0.2) is 37.2 Å². The SMILES string of the molecule is CC(C)[C@@H](C#N)N1CCOCC1. The van der Waals surface area contributed by atoms with Crippen LogP contribution in [0.1, 0.15) is 13.8 Å². The van der Waals surface area contributed by atoms with Gasteiger partial charge in [0.25, 0.3) is 0 Å². The molecule has 0 aromatic carbocycles. The molecule has 0 amide bonds. The Labute approximate surface area is 73.9 Å².